The molecule has 0 aromatic heterocycles. The van der Waals surface area contributed by atoms with Crippen molar-refractivity contribution in [2.24, 2.45) is 0 Å². The maximum atomic E-state index is 10.3. The highest BCUT2D eigenvalue weighted by Gasteiger charge is 2.01. The molecule has 1 N–H and O–H groups in total. The topological polar surface area (TPSA) is 37.3 Å². The summed E-state index contributed by atoms with van der Waals surface area (Å²) in [6.45, 7) is 4.12. The van der Waals surface area contributed by atoms with Gasteiger partial charge in [0.2, 0.25) is 0 Å². The second-order valence-corrected chi connectivity index (χ2v) is 3.68. The lowest BCUT2D eigenvalue weighted by Gasteiger charge is -2.05. The molecule has 0 aliphatic rings. The normalized spacial score (nSPS) is 10.1. The first-order valence-corrected chi connectivity index (χ1v) is 4.87. The molecule has 0 saturated heterocycles. The van der Waals surface area contributed by atoms with Crippen LogP contribution < -0.4 is 0 Å². The van der Waals surface area contributed by atoms with Gasteiger partial charge in [-0.2, -0.15) is 0 Å². The smallest absolute Gasteiger partial charge is 0.303 e. The second-order valence-electron chi connectivity index (χ2n) is 3.68. The molecular formula is C12H16O2. The van der Waals surface area contributed by atoms with Crippen molar-refractivity contribution in [3.05, 3.63) is 34.9 Å². The molecule has 0 atom stereocenters. The van der Waals surface area contributed by atoms with Crippen molar-refractivity contribution in [3.63, 3.8) is 0 Å². The van der Waals surface area contributed by atoms with Gasteiger partial charge in [-0.3, -0.25) is 4.79 Å². The van der Waals surface area contributed by atoms with Gasteiger partial charge in [0.15, 0.2) is 0 Å². The van der Waals surface area contributed by atoms with Gasteiger partial charge in [0, 0.05) is 6.42 Å². The highest BCUT2D eigenvalue weighted by Crippen LogP contribution is 2.13. The van der Waals surface area contributed by atoms with Gasteiger partial charge in [-0.1, -0.05) is 23.8 Å². The van der Waals surface area contributed by atoms with Crippen LogP contribution in [0.5, 0.6) is 0 Å². The van der Waals surface area contributed by atoms with Crippen molar-refractivity contribution >= 4 is 5.97 Å². The highest BCUT2D eigenvalue weighted by molar-refractivity contribution is 5.66. The third-order valence-electron chi connectivity index (χ3n) is 2.34. The van der Waals surface area contributed by atoms with Crippen LogP contribution in [0.1, 0.15) is 29.5 Å². The molecule has 0 fully saturated rings. The van der Waals surface area contributed by atoms with Crippen LogP contribution in [-0.2, 0) is 11.2 Å². The van der Waals surface area contributed by atoms with Gasteiger partial charge >= 0.3 is 5.97 Å². The second kappa shape index (κ2) is 4.80. The Morgan fingerprint density at radius 3 is 2.71 bits per heavy atom. The zero-order chi connectivity index (χ0) is 10.6. The summed E-state index contributed by atoms with van der Waals surface area (Å²) in [6.07, 6.45) is 1.84. The summed E-state index contributed by atoms with van der Waals surface area (Å²) in [7, 11) is 0. The Morgan fingerprint density at radius 1 is 1.36 bits per heavy atom. The molecule has 0 radical (unpaired) electrons. The van der Waals surface area contributed by atoms with Gasteiger partial charge in [0.05, 0.1) is 0 Å². The largest absolute Gasteiger partial charge is 0.481 e. The van der Waals surface area contributed by atoms with Gasteiger partial charge in [-0.05, 0) is 37.8 Å². The van der Waals surface area contributed by atoms with E-state index in [4.69, 9.17) is 5.11 Å². The fourth-order valence-corrected chi connectivity index (χ4v) is 1.50. The summed E-state index contributed by atoms with van der Waals surface area (Å²) >= 11 is 0. The first kappa shape index (κ1) is 10.8. The minimum absolute atomic E-state index is 0.257. The summed E-state index contributed by atoms with van der Waals surface area (Å²) in [4.78, 5) is 10.3. The lowest BCUT2D eigenvalue weighted by atomic mass is 10.0. The Labute approximate surface area is 84.6 Å². The zero-order valence-corrected chi connectivity index (χ0v) is 8.71. The van der Waals surface area contributed by atoms with E-state index in [1.54, 1.807) is 0 Å². The first-order valence-electron chi connectivity index (χ1n) is 4.87. The number of hydrogen-bond acceptors (Lipinski definition) is 1. The van der Waals surface area contributed by atoms with Gasteiger partial charge in [0.1, 0.15) is 0 Å². The monoisotopic (exact) mass is 192 g/mol. The van der Waals surface area contributed by atoms with Crippen molar-refractivity contribution in [1.82, 2.24) is 0 Å². The lowest BCUT2D eigenvalue weighted by Crippen LogP contribution is -1.97. The first-order chi connectivity index (χ1) is 6.59. The van der Waals surface area contributed by atoms with Crippen molar-refractivity contribution in [2.45, 2.75) is 33.1 Å². The highest BCUT2D eigenvalue weighted by atomic mass is 16.4. The molecule has 0 amide bonds. The Hall–Kier alpha value is -1.31. The van der Waals surface area contributed by atoms with Gasteiger partial charge < -0.3 is 5.11 Å². The van der Waals surface area contributed by atoms with E-state index in [1.165, 1.54) is 16.7 Å². The number of carboxylic acids is 1. The number of carbonyl (C=O) groups is 1. The third kappa shape index (κ3) is 3.21. The molecule has 2 heteroatoms. The maximum absolute atomic E-state index is 10.3. The molecule has 0 aliphatic carbocycles. The molecule has 76 valence electrons. The van der Waals surface area contributed by atoms with Crippen LogP contribution in [0.3, 0.4) is 0 Å². The van der Waals surface area contributed by atoms with Crippen LogP contribution in [0.4, 0.5) is 0 Å². The van der Waals surface area contributed by atoms with Gasteiger partial charge in [-0.25, -0.2) is 0 Å². The fraction of sp³-hybridized carbons (Fsp3) is 0.417. The lowest BCUT2D eigenvalue weighted by molar-refractivity contribution is -0.137. The average Bonchev–Trinajstić information content (AvgIpc) is 2.10. The van der Waals surface area contributed by atoms with Crippen LogP contribution in [0.25, 0.3) is 0 Å². The van der Waals surface area contributed by atoms with Crippen molar-refractivity contribution in [1.29, 1.82) is 0 Å². The predicted molar refractivity (Wildman–Crippen MR) is 56.5 cm³/mol. The quantitative estimate of drug-likeness (QED) is 0.796. The molecule has 1 aromatic carbocycles. The van der Waals surface area contributed by atoms with E-state index in [2.05, 4.69) is 32.0 Å². The van der Waals surface area contributed by atoms with E-state index in [0.29, 0.717) is 0 Å². The Kier molecular flexibility index (Phi) is 3.69. The molecular weight excluding hydrogens is 176 g/mol. The molecule has 0 aliphatic heterocycles. The predicted octanol–water partition coefficient (Wildman–Crippen LogP) is 2.71. The molecule has 1 aromatic rings. The number of hydrogen-bond donors (Lipinski definition) is 1. The van der Waals surface area contributed by atoms with E-state index >= 15 is 0 Å². The minimum Gasteiger partial charge on any atom is -0.481 e. The van der Waals surface area contributed by atoms with Crippen LogP contribution in [0.2, 0.25) is 0 Å². The number of aliphatic carboxylic acids is 1. The van der Waals surface area contributed by atoms with E-state index < -0.39 is 5.97 Å². The number of carboxylic acid groups (broad SMARTS) is 1. The zero-order valence-electron chi connectivity index (χ0n) is 8.71. The maximum Gasteiger partial charge on any atom is 0.303 e. The molecule has 0 unspecified atom stereocenters. The average molecular weight is 192 g/mol. The minimum atomic E-state index is -0.713. The molecule has 0 heterocycles. The van der Waals surface area contributed by atoms with Crippen molar-refractivity contribution < 1.29 is 9.90 Å². The van der Waals surface area contributed by atoms with Crippen molar-refractivity contribution in [3.8, 4) is 0 Å². The fourth-order valence-electron chi connectivity index (χ4n) is 1.50. The molecule has 0 saturated carbocycles. The Bertz CT molecular complexity index is 329. The van der Waals surface area contributed by atoms with E-state index in [0.717, 1.165) is 12.8 Å². The summed E-state index contributed by atoms with van der Waals surface area (Å²) in [5, 5.41) is 8.52. The Balaban J connectivity index is 2.57. The van der Waals surface area contributed by atoms with Crippen molar-refractivity contribution in [2.75, 3.05) is 0 Å². The SMILES string of the molecule is Cc1ccc(C)c(CCCC(=O)O)c1. The van der Waals surface area contributed by atoms with Crippen LogP contribution >= 0.6 is 0 Å². The summed E-state index contributed by atoms with van der Waals surface area (Å²) in [5.41, 5.74) is 3.76. The number of aryl methyl sites for hydroxylation is 3. The summed E-state index contributed by atoms with van der Waals surface area (Å²) in [6, 6.07) is 6.30. The van der Waals surface area contributed by atoms with Crippen LogP contribution in [-0.4, -0.2) is 11.1 Å². The molecule has 0 bridgehead atoms. The molecule has 14 heavy (non-hydrogen) atoms. The molecule has 0 spiro atoms. The van der Waals surface area contributed by atoms with E-state index in [-0.39, 0.29) is 6.42 Å². The Morgan fingerprint density at radius 2 is 2.07 bits per heavy atom. The van der Waals surface area contributed by atoms with Crippen LogP contribution in [0.15, 0.2) is 18.2 Å². The van der Waals surface area contributed by atoms with E-state index in [1.807, 2.05) is 0 Å². The van der Waals surface area contributed by atoms with E-state index in [9.17, 15) is 4.79 Å². The summed E-state index contributed by atoms with van der Waals surface area (Å²) in [5.74, 6) is -0.713. The summed E-state index contributed by atoms with van der Waals surface area (Å²) < 4.78 is 0. The van der Waals surface area contributed by atoms with Crippen LogP contribution in [0, 0.1) is 13.8 Å². The number of rotatable bonds is 4. The standard InChI is InChI=1S/C12H16O2/c1-9-6-7-10(2)11(8-9)4-3-5-12(13)14/h6-8H,3-5H2,1-2H3,(H,13,14). The third-order valence-corrected chi connectivity index (χ3v) is 2.34. The van der Waals surface area contributed by atoms with Gasteiger partial charge in [0.25, 0.3) is 0 Å². The number of benzene rings is 1. The van der Waals surface area contributed by atoms with Gasteiger partial charge in [-0.15, -0.1) is 0 Å². The molecule has 2 nitrogen and oxygen atoms in total. The molecule has 1 rings (SSSR count).